The standard InChI is InChI=1S/C21H18N4S/c1-16(17-10-4-2-5-11-17)20(19-14-8-9-15-22-19)24-25-21(26)23-18-12-6-3-7-13-18/h2-15H,1H2,(H2,23,25,26). The van der Waals surface area contributed by atoms with Gasteiger partial charge in [0.15, 0.2) is 5.11 Å². The highest BCUT2D eigenvalue weighted by Gasteiger charge is 2.12. The van der Waals surface area contributed by atoms with E-state index in [4.69, 9.17) is 12.2 Å². The van der Waals surface area contributed by atoms with Gasteiger partial charge in [0.05, 0.1) is 5.69 Å². The molecule has 0 bridgehead atoms. The Balaban J connectivity index is 1.82. The highest BCUT2D eigenvalue weighted by molar-refractivity contribution is 7.80. The number of rotatable bonds is 5. The first kappa shape index (κ1) is 17.5. The Labute approximate surface area is 158 Å². The molecule has 3 rings (SSSR count). The minimum absolute atomic E-state index is 0.394. The van der Waals surface area contributed by atoms with Gasteiger partial charge in [0.2, 0.25) is 0 Å². The van der Waals surface area contributed by atoms with Gasteiger partial charge in [-0.1, -0.05) is 61.2 Å². The summed E-state index contributed by atoms with van der Waals surface area (Å²) in [5, 5.41) is 7.95. The molecule has 3 aromatic rings. The Hall–Kier alpha value is -3.31. The molecule has 0 aliphatic rings. The molecular weight excluding hydrogens is 340 g/mol. The number of thiocarbonyl (C=S) groups is 1. The van der Waals surface area contributed by atoms with Crippen molar-refractivity contribution in [2.75, 3.05) is 5.32 Å². The summed E-state index contributed by atoms with van der Waals surface area (Å²) in [7, 11) is 0. The number of nitrogens with zero attached hydrogens (tertiary/aromatic N) is 2. The molecule has 26 heavy (non-hydrogen) atoms. The summed E-state index contributed by atoms with van der Waals surface area (Å²) in [4.78, 5) is 4.39. The van der Waals surface area contributed by atoms with E-state index in [0.29, 0.717) is 10.8 Å². The van der Waals surface area contributed by atoms with Crippen LogP contribution in [0.5, 0.6) is 0 Å². The second-order valence-corrected chi connectivity index (χ2v) is 5.86. The van der Waals surface area contributed by atoms with Crippen molar-refractivity contribution >= 4 is 34.3 Å². The maximum absolute atomic E-state index is 5.33. The molecule has 1 heterocycles. The summed E-state index contributed by atoms with van der Waals surface area (Å²) < 4.78 is 0. The number of nitrogens with one attached hydrogen (secondary N) is 2. The van der Waals surface area contributed by atoms with E-state index in [9.17, 15) is 0 Å². The van der Waals surface area contributed by atoms with Crippen LogP contribution in [-0.2, 0) is 0 Å². The van der Waals surface area contributed by atoms with Crippen LogP contribution in [0.2, 0.25) is 0 Å². The fourth-order valence-electron chi connectivity index (χ4n) is 2.35. The number of benzene rings is 2. The average Bonchev–Trinajstić information content (AvgIpc) is 2.70. The quantitative estimate of drug-likeness (QED) is 0.401. The summed E-state index contributed by atoms with van der Waals surface area (Å²) in [6, 6.07) is 25.2. The lowest BCUT2D eigenvalue weighted by atomic mass is 10.0. The van der Waals surface area contributed by atoms with Crippen LogP contribution in [-0.4, -0.2) is 15.8 Å². The lowest BCUT2D eigenvalue weighted by molar-refractivity contribution is 1.04. The van der Waals surface area contributed by atoms with Gasteiger partial charge in [0.25, 0.3) is 0 Å². The Morgan fingerprint density at radius 3 is 2.19 bits per heavy atom. The molecule has 2 N–H and O–H groups in total. The molecule has 0 saturated heterocycles. The van der Waals surface area contributed by atoms with E-state index in [-0.39, 0.29) is 0 Å². The van der Waals surface area contributed by atoms with E-state index < -0.39 is 0 Å². The van der Waals surface area contributed by atoms with Crippen molar-refractivity contribution in [2.24, 2.45) is 5.10 Å². The van der Waals surface area contributed by atoms with Gasteiger partial charge in [-0.3, -0.25) is 10.4 Å². The largest absolute Gasteiger partial charge is 0.331 e. The zero-order valence-corrected chi connectivity index (χ0v) is 14.9. The van der Waals surface area contributed by atoms with Gasteiger partial charge < -0.3 is 5.32 Å². The maximum Gasteiger partial charge on any atom is 0.191 e. The Morgan fingerprint density at radius 1 is 0.885 bits per heavy atom. The van der Waals surface area contributed by atoms with Crippen molar-refractivity contribution in [2.45, 2.75) is 0 Å². The van der Waals surface area contributed by atoms with Crippen LogP contribution in [0.4, 0.5) is 5.69 Å². The molecule has 0 amide bonds. The van der Waals surface area contributed by atoms with Crippen LogP contribution in [0.1, 0.15) is 11.3 Å². The minimum Gasteiger partial charge on any atom is -0.331 e. The molecule has 0 radical (unpaired) electrons. The molecule has 0 spiro atoms. The van der Waals surface area contributed by atoms with Crippen LogP contribution >= 0.6 is 12.2 Å². The normalized spacial score (nSPS) is 10.8. The minimum atomic E-state index is 0.394. The molecular formula is C21H18N4S. The van der Waals surface area contributed by atoms with Crippen LogP contribution in [0.25, 0.3) is 5.57 Å². The monoisotopic (exact) mass is 358 g/mol. The second-order valence-electron chi connectivity index (χ2n) is 5.45. The Kier molecular flexibility index (Phi) is 5.85. The van der Waals surface area contributed by atoms with Crippen molar-refractivity contribution in [3.63, 3.8) is 0 Å². The number of pyridine rings is 1. The lowest BCUT2D eigenvalue weighted by Crippen LogP contribution is -2.25. The molecule has 1 aromatic heterocycles. The van der Waals surface area contributed by atoms with E-state index in [1.54, 1.807) is 6.20 Å². The first-order valence-corrected chi connectivity index (χ1v) is 8.50. The smallest absolute Gasteiger partial charge is 0.191 e. The molecule has 4 nitrogen and oxygen atoms in total. The predicted octanol–water partition coefficient (Wildman–Crippen LogP) is 4.49. The SMILES string of the molecule is C=C(C(=NNC(=S)Nc1ccccc1)c1ccccn1)c1ccccc1. The van der Waals surface area contributed by atoms with Gasteiger partial charge in [0, 0.05) is 17.5 Å². The molecule has 0 aliphatic heterocycles. The summed E-state index contributed by atoms with van der Waals surface area (Å²) >= 11 is 5.33. The molecule has 0 saturated carbocycles. The summed E-state index contributed by atoms with van der Waals surface area (Å²) in [6.07, 6.45) is 1.73. The number of hydrazone groups is 1. The van der Waals surface area contributed by atoms with E-state index in [0.717, 1.165) is 22.5 Å². The zero-order chi connectivity index (χ0) is 18.2. The summed E-state index contributed by atoms with van der Waals surface area (Å²) in [5.74, 6) is 0. The van der Waals surface area contributed by atoms with Gasteiger partial charge in [-0.15, -0.1) is 0 Å². The number of aromatic nitrogens is 1. The molecule has 2 aromatic carbocycles. The second kappa shape index (κ2) is 8.69. The fourth-order valence-corrected chi connectivity index (χ4v) is 2.51. The third-order valence-electron chi connectivity index (χ3n) is 3.62. The number of anilines is 1. The lowest BCUT2D eigenvalue weighted by Gasteiger charge is -2.12. The maximum atomic E-state index is 5.33. The topological polar surface area (TPSA) is 49.3 Å². The molecule has 0 unspecified atom stereocenters. The molecule has 0 atom stereocenters. The van der Waals surface area contributed by atoms with E-state index in [1.807, 2.05) is 78.9 Å². The van der Waals surface area contributed by atoms with Crippen molar-refractivity contribution in [1.29, 1.82) is 0 Å². The van der Waals surface area contributed by atoms with Crippen molar-refractivity contribution < 1.29 is 0 Å². The van der Waals surface area contributed by atoms with Crippen LogP contribution < -0.4 is 10.7 Å². The number of allylic oxidation sites excluding steroid dienone is 1. The fraction of sp³-hybridized carbons (Fsp3) is 0. The molecule has 0 aliphatic carbocycles. The van der Waals surface area contributed by atoms with Crippen LogP contribution in [0.3, 0.4) is 0 Å². The molecule has 5 heteroatoms. The van der Waals surface area contributed by atoms with Crippen LogP contribution in [0, 0.1) is 0 Å². The van der Waals surface area contributed by atoms with Crippen molar-refractivity contribution in [3.05, 3.63) is 103 Å². The Morgan fingerprint density at radius 2 is 1.54 bits per heavy atom. The first-order valence-electron chi connectivity index (χ1n) is 8.10. The zero-order valence-electron chi connectivity index (χ0n) is 14.1. The number of para-hydroxylation sites is 1. The highest BCUT2D eigenvalue weighted by Crippen LogP contribution is 2.17. The van der Waals surface area contributed by atoms with Gasteiger partial charge in [-0.25, -0.2) is 0 Å². The van der Waals surface area contributed by atoms with Gasteiger partial charge in [-0.2, -0.15) is 5.10 Å². The third-order valence-corrected chi connectivity index (χ3v) is 3.81. The van der Waals surface area contributed by atoms with Crippen LogP contribution in [0.15, 0.2) is 96.7 Å². The third kappa shape index (κ3) is 4.62. The highest BCUT2D eigenvalue weighted by atomic mass is 32.1. The Bertz CT molecular complexity index is 907. The van der Waals surface area contributed by atoms with Crippen molar-refractivity contribution in [1.82, 2.24) is 10.4 Å². The van der Waals surface area contributed by atoms with Gasteiger partial charge >= 0.3 is 0 Å². The number of hydrogen-bond acceptors (Lipinski definition) is 3. The molecule has 0 fully saturated rings. The predicted molar refractivity (Wildman–Crippen MR) is 112 cm³/mol. The van der Waals surface area contributed by atoms with Gasteiger partial charge in [0.1, 0.15) is 5.71 Å². The average molecular weight is 358 g/mol. The van der Waals surface area contributed by atoms with Crippen molar-refractivity contribution in [3.8, 4) is 0 Å². The molecule has 128 valence electrons. The summed E-state index contributed by atoms with van der Waals surface area (Å²) in [5.41, 5.74) is 6.87. The van der Waals surface area contributed by atoms with E-state index in [1.165, 1.54) is 0 Å². The van der Waals surface area contributed by atoms with E-state index in [2.05, 4.69) is 27.4 Å². The number of hydrogen-bond donors (Lipinski definition) is 2. The summed E-state index contributed by atoms with van der Waals surface area (Å²) in [6.45, 7) is 4.19. The van der Waals surface area contributed by atoms with Gasteiger partial charge in [-0.05, 0) is 42.0 Å². The van der Waals surface area contributed by atoms with E-state index >= 15 is 0 Å². The first-order chi connectivity index (χ1) is 12.7.